The predicted molar refractivity (Wildman–Crippen MR) is 81.4 cm³/mol. The van der Waals surface area contributed by atoms with Gasteiger partial charge in [-0.1, -0.05) is 0 Å². The van der Waals surface area contributed by atoms with Crippen LogP contribution in [0.2, 0.25) is 0 Å². The van der Waals surface area contributed by atoms with Crippen LogP contribution in [0.4, 0.5) is 5.82 Å². The van der Waals surface area contributed by atoms with E-state index in [9.17, 15) is 9.90 Å². The van der Waals surface area contributed by atoms with Crippen molar-refractivity contribution in [2.75, 3.05) is 25.5 Å². The van der Waals surface area contributed by atoms with Gasteiger partial charge in [0.25, 0.3) is 0 Å². The largest absolute Gasteiger partial charge is 0.478 e. The third-order valence-electron chi connectivity index (χ3n) is 3.48. The summed E-state index contributed by atoms with van der Waals surface area (Å²) in [7, 11) is 2.11. The van der Waals surface area contributed by atoms with Gasteiger partial charge in [-0.05, 0) is 58.8 Å². The van der Waals surface area contributed by atoms with Gasteiger partial charge in [-0.2, -0.15) is 0 Å². The Morgan fingerprint density at radius 1 is 1.45 bits per heavy atom. The van der Waals surface area contributed by atoms with Crippen molar-refractivity contribution in [2.45, 2.75) is 39.7 Å². The van der Waals surface area contributed by atoms with Gasteiger partial charge in [0.2, 0.25) is 0 Å². The van der Waals surface area contributed by atoms with Crippen LogP contribution < -0.4 is 5.32 Å². The molecule has 0 radical (unpaired) electrons. The van der Waals surface area contributed by atoms with Crippen molar-refractivity contribution < 1.29 is 9.90 Å². The Morgan fingerprint density at radius 3 is 2.75 bits per heavy atom. The number of unbranched alkanes of at least 4 members (excludes halogenated alkanes) is 1. The molecule has 1 aromatic heterocycles. The summed E-state index contributed by atoms with van der Waals surface area (Å²) in [5, 5.41) is 12.3. The minimum Gasteiger partial charge on any atom is -0.478 e. The molecule has 5 nitrogen and oxygen atoms in total. The van der Waals surface area contributed by atoms with E-state index < -0.39 is 5.97 Å². The van der Waals surface area contributed by atoms with Crippen LogP contribution in [0.5, 0.6) is 0 Å². The molecule has 0 bridgehead atoms. The lowest BCUT2D eigenvalue weighted by atomic mass is 10.1. The highest BCUT2D eigenvalue weighted by atomic mass is 16.4. The number of carbonyl (C=O) groups is 1. The summed E-state index contributed by atoms with van der Waals surface area (Å²) in [6.45, 7) is 7.92. The van der Waals surface area contributed by atoms with E-state index in [1.807, 2.05) is 0 Å². The fourth-order valence-electron chi connectivity index (χ4n) is 1.91. The van der Waals surface area contributed by atoms with E-state index in [2.05, 4.69) is 36.1 Å². The van der Waals surface area contributed by atoms with E-state index in [0.717, 1.165) is 31.5 Å². The Balaban J connectivity index is 2.43. The minimum absolute atomic E-state index is 0.270. The van der Waals surface area contributed by atoms with Crippen molar-refractivity contribution in [3.8, 4) is 0 Å². The second-order valence-electron chi connectivity index (χ2n) is 5.36. The van der Waals surface area contributed by atoms with Crippen LogP contribution in [-0.2, 0) is 0 Å². The van der Waals surface area contributed by atoms with Crippen molar-refractivity contribution in [2.24, 2.45) is 0 Å². The molecule has 20 heavy (non-hydrogen) atoms. The molecule has 2 N–H and O–H groups in total. The van der Waals surface area contributed by atoms with Crippen LogP contribution >= 0.6 is 0 Å². The monoisotopic (exact) mass is 279 g/mol. The second kappa shape index (κ2) is 7.85. The van der Waals surface area contributed by atoms with Crippen molar-refractivity contribution in [3.05, 3.63) is 23.4 Å². The maximum Gasteiger partial charge on any atom is 0.339 e. The molecule has 0 unspecified atom stereocenters. The summed E-state index contributed by atoms with van der Waals surface area (Å²) in [5.41, 5.74) is 1.00. The summed E-state index contributed by atoms with van der Waals surface area (Å²) in [6, 6.07) is 2.27. The van der Waals surface area contributed by atoms with Gasteiger partial charge in [0.15, 0.2) is 0 Å². The Morgan fingerprint density at radius 2 is 2.15 bits per heavy atom. The Bertz CT molecular complexity index is 447. The fourth-order valence-corrected chi connectivity index (χ4v) is 1.91. The predicted octanol–water partition coefficient (Wildman–Crippen LogP) is 2.62. The molecule has 1 rings (SSSR count). The van der Waals surface area contributed by atoms with E-state index in [1.54, 1.807) is 19.2 Å². The highest BCUT2D eigenvalue weighted by molar-refractivity contribution is 5.94. The van der Waals surface area contributed by atoms with Crippen LogP contribution in [-0.4, -0.2) is 47.1 Å². The van der Waals surface area contributed by atoms with E-state index in [0.29, 0.717) is 11.9 Å². The quantitative estimate of drug-likeness (QED) is 0.716. The molecule has 0 amide bonds. The number of anilines is 1. The van der Waals surface area contributed by atoms with Crippen molar-refractivity contribution in [1.82, 2.24) is 9.88 Å². The first-order valence-corrected chi connectivity index (χ1v) is 7.06. The van der Waals surface area contributed by atoms with Gasteiger partial charge in [0, 0.05) is 18.8 Å². The zero-order chi connectivity index (χ0) is 15.1. The van der Waals surface area contributed by atoms with Crippen LogP contribution in [0.3, 0.4) is 0 Å². The molecule has 5 heteroatoms. The number of hydrogen-bond acceptors (Lipinski definition) is 4. The number of aromatic carboxylic acids is 1. The number of carboxylic acids is 1. The van der Waals surface area contributed by atoms with Crippen LogP contribution in [0.15, 0.2) is 12.3 Å². The highest BCUT2D eigenvalue weighted by Crippen LogP contribution is 2.16. The normalized spacial score (nSPS) is 11.1. The third kappa shape index (κ3) is 4.81. The molecule has 0 fully saturated rings. The molecule has 112 valence electrons. The first kappa shape index (κ1) is 16.4. The molecule has 0 saturated heterocycles. The lowest BCUT2D eigenvalue weighted by molar-refractivity contribution is 0.0697. The number of hydrogen-bond donors (Lipinski definition) is 2. The highest BCUT2D eigenvalue weighted by Gasteiger charge is 2.13. The summed E-state index contributed by atoms with van der Waals surface area (Å²) < 4.78 is 0. The van der Waals surface area contributed by atoms with Crippen LogP contribution in [0, 0.1) is 6.92 Å². The molecule has 0 atom stereocenters. The van der Waals surface area contributed by atoms with Gasteiger partial charge in [0.05, 0.1) is 0 Å². The van der Waals surface area contributed by atoms with Crippen molar-refractivity contribution >= 4 is 11.8 Å². The molecule has 1 heterocycles. The molecule has 1 aromatic rings. The Labute approximate surface area is 121 Å². The van der Waals surface area contributed by atoms with E-state index in [-0.39, 0.29) is 5.56 Å². The number of aryl methyl sites for hydroxylation is 1. The molecule has 0 aliphatic rings. The fraction of sp³-hybridized carbons (Fsp3) is 0.600. The summed E-state index contributed by atoms with van der Waals surface area (Å²) in [6.07, 6.45) is 3.71. The third-order valence-corrected chi connectivity index (χ3v) is 3.48. The molecule has 0 saturated carbocycles. The topological polar surface area (TPSA) is 65.5 Å². The standard InChI is InChI=1S/C15H25N3O2/c1-11(2)18(4)10-6-5-8-16-14-13(15(19)20)12(3)7-9-17-14/h7,9,11H,5-6,8,10H2,1-4H3,(H,16,17)(H,19,20). The maximum atomic E-state index is 11.2. The lowest BCUT2D eigenvalue weighted by Crippen LogP contribution is -2.27. The number of rotatable bonds is 8. The minimum atomic E-state index is -0.933. The number of aromatic nitrogens is 1. The second-order valence-corrected chi connectivity index (χ2v) is 5.36. The Hall–Kier alpha value is -1.62. The molecular weight excluding hydrogens is 254 g/mol. The van der Waals surface area contributed by atoms with Gasteiger partial charge in [-0.25, -0.2) is 9.78 Å². The van der Waals surface area contributed by atoms with Gasteiger partial charge >= 0.3 is 5.97 Å². The molecule has 0 spiro atoms. The van der Waals surface area contributed by atoms with Gasteiger partial charge in [0.1, 0.15) is 11.4 Å². The first-order valence-electron chi connectivity index (χ1n) is 7.06. The van der Waals surface area contributed by atoms with Crippen molar-refractivity contribution in [1.29, 1.82) is 0 Å². The van der Waals surface area contributed by atoms with Gasteiger partial charge in [-0.15, -0.1) is 0 Å². The molecular formula is C15H25N3O2. The zero-order valence-corrected chi connectivity index (χ0v) is 12.8. The number of nitrogens with zero attached hydrogens (tertiary/aromatic N) is 2. The van der Waals surface area contributed by atoms with Crippen molar-refractivity contribution in [3.63, 3.8) is 0 Å². The van der Waals surface area contributed by atoms with E-state index in [4.69, 9.17) is 0 Å². The lowest BCUT2D eigenvalue weighted by Gasteiger charge is -2.20. The van der Waals surface area contributed by atoms with Crippen LogP contribution in [0.25, 0.3) is 0 Å². The Kier molecular flexibility index (Phi) is 6.45. The smallest absolute Gasteiger partial charge is 0.339 e. The molecule has 0 aliphatic carbocycles. The average molecular weight is 279 g/mol. The summed E-state index contributed by atoms with van der Waals surface area (Å²) >= 11 is 0. The van der Waals surface area contributed by atoms with E-state index in [1.165, 1.54) is 0 Å². The molecule has 0 aromatic carbocycles. The number of nitrogens with one attached hydrogen (secondary N) is 1. The average Bonchev–Trinajstić information content (AvgIpc) is 2.37. The maximum absolute atomic E-state index is 11.2. The van der Waals surface area contributed by atoms with Gasteiger partial charge < -0.3 is 15.3 Å². The zero-order valence-electron chi connectivity index (χ0n) is 12.8. The summed E-state index contributed by atoms with van der Waals surface area (Å²) in [5.74, 6) is -0.465. The summed E-state index contributed by atoms with van der Waals surface area (Å²) in [4.78, 5) is 17.6. The van der Waals surface area contributed by atoms with Gasteiger partial charge in [-0.3, -0.25) is 0 Å². The number of pyridine rings is 1. The molecule has 0 aliphatic heterocycles. The first-order chi connectivity index (χ1) is 9.43. The van der Waals surface area contributed by atoms with Crippen LogP contribution in [0.1, 0.15) is 42.6 Å². The number of carboxylic acid groups (broad SMARTS) is 1. The van der Waals surface area contributed by atoms with E-state index >= 15 is 0 Å². The SMILES string of the molecule is Cc1ccnc(NCCCCN(C)C(C)C)c1C(=O)O.